The highest BCUT2D eigenvalue weighted by molar-refractivity contribution is 6.30. The maximum Gasteiger partial charge on any atom is 0.271 e. The Bertz CT molecular complexity index is 665. The van der Waals surface area contributed by atoms with Crippen molar-refractivity contribution in [3.8, 4) is 0 Å². The highest BCUT2D eigenvalue weighted by Crippen LogP contribution is 2.10. The average molecular weight is 287 g/mol. The van der Waals surface area contributed by atoms with Crippen LogP contribution in [0.3, 0.4) is 0 Å². The monoisotopic (exact) mass is 286 g/mol. The van der Waals surface area contributed by atoms with Gasteiger partial charge in [0, 0.05) is 10.6 Å². The Morgan fingerprint density at radius 1 is 1.20 bits per heavy atom. The van der Waals surface area contributed by atoms with Crippen molar-refractivity contribution in [2.45, 2.75) is 13.8 Å². The molecular formula is C16H15ClN2O. The molecule has 0 heterocycles. The standard InChI is InChI=1S/C16H15ClN2O/c1-11-6-7-14(12(2)8-11)10-18-19-16(20)13-4-3-5-15(17)9-13/h3-10H,1-2H3,(H,19,20). The Morgan fingerprint density at radius 3 is 2.70 bits per heavy atom. The van der Waals surface area contributed by atoms with Gasteiger partial charge in [0.05, 0.1) is 6.21 Å². The van der Waals surface area contributed by atoms with Crippen molar-refractivity contribution in [2.75, 3.05) is 0 Å². The molecule has 20 heavy (non-hydrogen) atoms. The summed E-state index contributed by atoms with van der Waals surface area (Å²) in [5, 5.41) is 4.49. The summed E-state index contributed by atoms with van der Waals surface area (Å²) in [5.41, 5.74) is 6.26. The van der Waals surface area contributed by atoms with Crippen molar-refractivity contribution in [3.63, 3.8) is 0 Å². The number of nitrogens with one attached hydrogen (secondary N) is 1. The second kappa shape index (κ2) is 6.35. The van der Waals surface area contributed by atoms with Gasteiger partial charge >= 0.3 is 0 Å². The molecule has 1 amide bonds. The van der Waals surface area contributed by atoms with E-state index in [0.717, 1.165) is 11.1 Å². The number of rotatable bonds is 3. The van der Waals surface area contributed by atoms with E-state index in [4.69, 9.17) is 11.6 Å². The lowest BCUT2D eigenvalue weighted by atomic mass is 10.1. The van der Waals surface area contributed by atoms with Crippen LogP contribution < -0.4 is 5.43 Å². The fraction of sp³-hybridized carbons (Fsp3) is 0.125. The smallest absolute Gasteiger partial charge is 0.267 e. The number of hydrogen-bond donors (Lipinski definition) is 1. The molecule has 0 fully saturated rings. The summed E-state index contributed by atoms with van der Waals surface area (Å²) in [7, 11) is 0. The summed E-state index contributed by atoms with van der Waals surface area (Å²) in [4.78, 5) is 11.8. The molecule has 2 aromatic carbocycles. The van der Waals surface area contributed by atoms with E-state index in [-0.39, 0.29) is 5.91 Å². The first-order chi connectivity index (χ1) is 9.56. The van der Waals surface area contributed by atoms with Crippen molar-refractivity contribution in [1.82, 2.24) is 5.43 Å². The summed E-state index contributed by atoms with van der Waals surface area (Å²) >= 11 is 5.84. The van der Waals surface area contributed by atoms with Crippen LogP contribution in [0.25, 0.3) is 0 Å². The van der Waals surface area contributed by atoms with Crippen molar-refractivity contribution < 1.29 is 4.79 Å². The fourth-order valence-corrected chi connectivity index (χ4v) is 2.02. The summed E-state index contributed by atoms with van der Waals surface area (Å²) in [5.74, 6) is -0.284. The van der Waals surface area contributed by atoms with Crippen molar-refractivity contribution in [1.29, 1.82) is 0 Å². The van der Waals surface area contributed by atoms with Crippen LogP contribution in [-0.2, 0) is 0 Å². The maximum atomic E-state index is 11.8. The molecule has 0 unspecified atom stereocenters. The van der Waals surface area contributed by atoms with Crippen LogP contribution in [0.2, 0.25) is 5.02 Å². The van der Waals surface area contributed by atoms with Gasteiger partial charge in [-0.25, -0.2) is 5.43 Å². The second-order valence-electron chi connectivity index (χ2n) is 4.57. The molecule has 0 atom stereocenters. The molecule has 0 aliphatic carbocycles. The minimum Gasteiger partial charge on any atom is -0.267 e. The highest BCUT2D eigenvalue weighted by Gasteiger charge is 2.04. The van der Waals surface area contributed by atoms with Gasteiger partial charge in [-0.2, -0.15) is 5.10 Å². The van der Waals surface area contributed by atoms with Gasteiger partial charge in [-0.05, 0) is 43.2 Å². The number of carbonyl (C=O) groups excluding carboxylic acids is 1. The molecule has 0 aliphatic rings. The average Bonchev–Trinajstić information content (AvgIpc) is 2.41. The third-order valence-electron chi connectivity index (χ3n) is 2.88. The van der Waals surface area contributed by atoms with E-state index in [1.54, 1.807) is 30.5 Å². The van der Waals surface area contributed by atoms with E-state index >= 15 is 0 Å². The Balaban J connectivity index is 2.04. The normalized spacial score (nSPS) is 10.8. The van der Waals surface area contributed by atoms with Crippen LogP contribution in [-0.4, -0.2) is 12.1 Å². The number of carbonyl (C=O) groups is 1. The first-order valence-electron chi connectivity index (χ1n) is 6.22. The lowest BCUT2D eigenvalue weighted by Crippen LogP contribution is -2.17. The van der Waals surface area contributed by atoms with Crippen LogP contribution in [0.5, 0.6) is 0 Å². The van der Waals surface area contributed by atoms with Gasteiger partial charge in [0.25, 0.3) is 5.91 Å². The molecule has 102 valence electrons. The lowest BCUT2D eigenvalue weighted by molar-refractivity contribution is 0.0955. The van der Waals surface area contributed by atoms with Crippen LogP contribution in [0, 0.1) is 13.8 Å². The van der Waals surface area contributed by atoms with Gasteiger partial charge in [-0.3, -0.25) is 4.79 Å². The number of nitrogens with zero attached hydrogens (tertiary/aromatic N) is 1. The number of hydrogen-bond acceptors (Lipinski definition) is 2. The minimum absolute atomic E-state index is 0.284. The van der Waals surface area contributed by atoms with Crippen molar-refractivity contribution >= 4 is 23.7 Å². The summed E-state index contributed by atoms with van der Waals surface area (Å²) in [6.07, 6.45) is 1.64. The molecule has 0 spiro atoms. The predicted molar refractivity (Wildman–Crippen MR) is 82.4 cm³/mol. The first kappa shape index (κ1) is 14.3. The molecule has 0 aliphatic heterocycles. The molecular weight excluding hydrogens is 272 g/mol. The quantitative estimate of drug-likeness (QED) is 0.678. The van der Waals surface area contributed by atoms with Gasteiger partial charge < -0.3 is 0 Å². The predicted octanol–water partition coefficient (Wildman–Crippen LogP) is 3.72. The number of amides is 1. The second-order valence-corrected chi connectivity index (χ2v) is 5.01. The highest BCUT2D eigenvalue weighted by atomic mass is 35.5. The third-order valence-corrected chi connectivity index (χ3v) is 3.12. The van der Waals surface area contributed by atoms with Crippen LogP contribution in [0.15, 0.2) is 47.6 Å². The molecule has 0 saturated heterocycles. The van der Waals surface area contributed by atoms with Gasteiger partial charge in [0.1, 0.15) is 0 Å². The maximum absolute atomic E-state index is 11.8. The summed E-state index contributed by atoms with van der Waals surface area (Å²) < 4.78 is 0. The molecule has 0 bridgehead atoms. The van der Waals surface area contributed by atoms with Crippen LogP contribution in [0.4, 0.5) is 0 Å². The van der Waals surface area contributed by atoms with Crippen molar-refractivity contribution in [2.24, 2.45) is 5.10 Å². The van der Waals surface area contributed by atoms with E-state index < -0.39 is 0 Å². The zero-order valence-electron chi connectivity index (χ0n) is 11.4. The van der Waals surface area contributed by atoms with Crippen LogP contribution in [0.1, 0.15) is 27.0 Å². The molecule has 2 aromatic rings. The van der Waals surface area contributed by atoms with Crippen LogP contribution >= 0.6 is 11.6 Å². The molecule has 2 rings (SSSR count). The molecule has 4 heteroatoms. The summed E-state index contributed by atoms with van der Waals surface area (Å²) in [6, 6.07) is 12.8. The minimum atomic E-state index is -0.284. The third kappa shape index (κ3) is 3.68. The van der Waals surface area contributed by atoms with Gasteiger partial charge in [0.15, 0.2) is 0 Å². The SMILES string of the molecule is Cc1ccc(C=NNC(=O)c2cccc(Cl)c2)c(C)c1. The zero-order valence-corrected chi connectivity index (χ0v) is 12.1. The van der Waals surface area contributed by atoms with Gasteiger partial charge in [-0.15, -0.1) is 0 Å². The Labute approximate surface area is 123 Å². The Morgan fingerprint density at radius 2 is 2.00 bits per heavy atom. The van der Waals surface area contributed by atoms with Gasteiger partial charge in [-0.1, -0.05) is 41.4 Å². The van der Waals surface area contributed by atoms with Gasteiger partial charge in [0.2, 0.25) is 0 Å². The molecule has 0 saturated carbocycles. The molecule has 3 nitrogen and oxygen atoms in total. The lowest BCUT2D eigenvalue weighted by Gasteiger charge is -2.02. The number of halogens is 1. The van der Waals surface area contributed by atoms with E-state index in [1.807, 2.05) is 26.0 Å². The number of aryl methyl sites for hydroxylation is 2. The van der Waals surface area contributed by atoms with E-state index in [9.17, 15) is 4.79 Å². The van der Waals surface area contributed by atoms with Crippen molar-refractivity contribution in [3.05, 3.63) is 69.7 Å². The number of hydrazone groups is 1. The van der Waals surface area contributed by atoms with E-state index in [1.165, 1.54) is 5.56 Å². The topological polar surface area (TPSA) is 41.5 Å². The number of benzene rings is 2. The largest absolute Gasteiger partial charge is 0.271 e. The fourth-order valence-electron chi connectivity index (χ4n) is 1.83. The molecule has 0 radical (unpaired) electrons. The molecule has 1 N–H and O–H groups in total. The molecule has 0 aromatic heterocycles. The Kier molecular flexibility index (Phi) is 4.53. The first-order valence-corrected chi connectivity index (χ1v) is 6.60. The van der Waals surface area contributed by atoms with E-state index in [0.29, 0.717) is 10.6 Å². The zero-order chi connectivity index (χ0) is 14.5. The summed E-state index contributed by atoms with van der Waals surface area (Å²) in [6.45, 7) is 4.04. The Hall–Kier alpha value is -2.13. The van der Waals surface area contributed by atoms with E-state index in [2.05, 4.69) is 16.6 Å².